The van der Waals surface area contributed by atoms with Gasteiger partial charge in [-0.1, -0.05) is 48.5 Å². The van der Waals surface area contributed by atoms with Gasteiger partial charge < -0.3 is 10.2 Å². The van der Waals surface area contributed by atoms with Crippen LogP contribution in [0.25, 0.3) is 11.1 Å². The normalized spacial score (nSPS) is 11.8. The van der Waals surface area contributed by atoms with Gasteiger partial charge in [-0.15, -0.1) is 0 Å². The van der Waals surface area contributed by atoms with E-state index in [0.29, 0.717) is 5.56 Å². The Morgan fingerprint density at radius 2 is 1.11 bits per heavy atom. The molecule has 0 spiro atoms. The molecule has 28 heavy (non-hydrogen) atoms. The SMILES string of the molecule is N#Cc1ccc(-c2ccc(N3c4ccccc4Nc4ccccc43)cc2)cc1. The second-order valence-corrected chi connectivity index (χ2v) is 6.73. The fourth-order valence-corrected chi connectivity index (χ4v) is 3.64. The van der Waals surface area contributed by atoms with E-state index in [4.69, 9.17) is 5.26 Å². The molecule has 0 aliphatic carbocycles. The second kappa shape index (κ2) is 6.61. The van der Waals surface area contributed by atoms with Crippen molar-refractivity contribution in [2.24, 2.45) is 0 Å². The van der Waals surface area contributed by atoms with Crippen LogP contribution in [0.4, 0.5) is 28.4 Å². The highest BCUT2D eigenvalue weighted by atomic mass is 15.2. The number of para-hydroxylation sites is 4. The maximum Gasteiger partial charge on any atom is 0.0991 e. The molecule has 3 heteroatoms. The smallest absolute Gasteiger partial charge is 0.0991 e. The first kappa shape index (κ1) is 16.2. The monoisotopic (exact) mass is 359 g/mol. The van der Waals surface area contributed by atoms with E-state index in [1.54, 1.807) is 0 Å². The zero-order chi connectivity index (χ0) is 18.9. The summed E-state index contributed by atoms with van der Waals surface area (Å²) in [5.41, 5.74) is 8.47. The number of rotatable bonds is 2. The van der Waals surface area contributed by atoms with Gasteiger partial charge >= 0.3 is 0 Å². The molecule has 132 valence electrons. The first-order valence-corrected chi connectivity index (χ1v) is 9.19. The Morgan fingerprint density at radius 1 is 0.607 bits per heavy atom. The highest BCUT2D eigenvalue weighted by molar-refractivity contribution is 5.96. The topological polar surface area (TPSA) is 39.1 Å². The summed E-state index contributed by atoms with van der Waals surface area (Å²) in [4.78, 5) is 2.28. The Kier molecular flexibility index (Phi) is 3.81. The first-order chi connectivity index (χ1) is 13.8. The van der Waals surface area contributed by atoms with Crippen LogP contribution in [-0.4, -0.2) is 0 Å². The fraction of sp³-hybridized carbons (Fsp3) is 0. The Balaban J connectivity index is 1.57. The van der Waals surface area contributed by atoms with E-state index in [2.05, 4.69) is 76.9 Å². The van der Waals surface area contributed by atoms with Gasteiger partial charge in [-0.05, 0) is 59.7 Å². The molecule has 5 rings (SSSR count). The molecular formula is C25H17N3. The maximum absolute atomic E-state index is 8.98. The minimum absolute atomic E-state index is 0.675. The lowest BCUT2D eigenvalue weighted by molar-refractivity contribution is 1.25. The molecule has 1 heterocycles. The van der Waals surface area contributed by atoms with E-state index >= 15 is 0 Å². The molecule has 0 fully saturated rings. The van der Waals surface area contributed by atoms with Crippen LogP contribution in [0.2, 0.25) is 0 Å². The van der Waals surface area contributed by atoms with Crippen LogP contribution in [0.3, 0.4) is 0 Å². The average molecular weight is 359 g/mol. The van der Waals surface area contributed by atoms with E-state index in [1.807, 2.05) is 36.4 Å². The molecule has 0 aromatic heterocycles. The number of nitrogens with one attached hydrogen (secondary N) is 1. The highest BCUT2D eigenvalue weighted by Gasteiger charge is 2.23. The van der Waals surface area contributed by atoms with E-state index in [-0.39, 0.29) is 0 Å². The summed E-state index contributed by atoms with van der Waals surface area (Å²) in [6.07, 6.45) is 0. The lowest BCUT2D eigenvalue weighted by Gasteiger charge is -2.34. The molecule has 0 radical (unpaired) electrons. The minimum atomic E-state index is 0.675. The van der Waals surface area contributed by atoms with Gasteiger partial charge in [0.25, 0.3) is 0 Å². The predicted molar refractivity (Wildman–Crippen MR) is 115 cm³/mol. The van der Waals surface area contributed by atoms with E-state index < -0.39 is 0 Å². The third-order valence-corrected chi connectivity index (χ3v) is 5.03. The molecule has 0 amide bonds. The molecule has 3 nitrogen and oxygen atoms in total. The highest BCUT2D eigenvalue weighted by Crippen LogP contribution is 2.47. The lowest BCUT2D eigenvalue weighted by atomic mass is 10.0. The predicted octanol–water partition coefficient (Wildman–Crippen LogP) is 6.75. The molecule has 4 aromatic carbocycles. The molecule has 0 atom stereocenters. The number of anilines is 5. The quantitative estimate of drug-likeness (QED) is 0.379. The summed E-state index contributed by atoms with van der Waals surface area (Å²) < 4.78 is 0. The van der Waals surface area contributed by atoms with Gasteiger partial charge in [-0.25, -0.2) is 0 Å². The summed E-state index contributed by atoms with van der Waals surface area (Å²) in [5, 5.41) is 12.5. The summed E-state index contributed by atoms with van der Waals surface area (Å²) in [6, 6.07) is 35.1. The standard InChI is InChI=1S/C25H17N3/c26-17-18-9-11-19(12-10-18)20-13-15-21(16-14-20)28-24-7-3-1-5-22(24)27-23-6-2-4-8-25(23)28/h1-16,27H. The van der Waals surface area contributed by atoms with Crippen molar-refractivity contribution >= 4 is 28.4 Å². The maximum atomic E-state index is 8.98. The number of fused-ring (bicyclic) bond motifs is 2. The van der Waals surface area contributed by atoms with E-state index in [1.165, 1.54) is 0 Å². The van der Waals surface area contributed by atoms with Crippen molar-refractivity contribution in [1.29, 1.82) is 5.26 Å². The summed E-state index contributed by atoms with van der Waals surface area (Å²) in [5.74, 6) is 0. The number of nitrogens with zero attached hydrogens (tertiary/aromatic N) is 2. The summed E-state index contributed by atoms with van der Waals surface area (Å²) in [6.45, 7) is 0. The molecule has 0 saturated carbocycles. The molecular weight excluding hydrogens is 342 g/mol. The van der Waals surface area contributed by atoms with Crippen LogP contribution in [0, 0.1) is 11.3 Å². The Morgan fingerprint density at radius 3 is 1.64 bits per heavy atom. The molecule has 4 aromatic rings. The molecule has 0 unspecified atom stereocenters. The zero-order valence-electron chi connectivity index (χ0n) is 15.1. The van der Waals surface area contributed by atoms with Gasteiger partial charge in [-0.3, -0.25) is 0 Å². The van der Waals surface area contributed by atoms with Crippen LogP contribution in [0.5, 0.6) is 0 Å². The van der Waals surface area contributed by atoms with Crippen molar-refractivity contribution in [2.45, 2.75) is 0 Å². The lowest BCUT2D eigenvalue weighted by Crippen LogP contribution is -2.17. The number of nitriles is 1. The average Bonchev–Trinajstić information content (AvgIpc) is 2.77. The van der Waals surface area contributed by atoms with Crippen LogP contribution in [0.15, 0.2) is 97.1 Å². The van der Waals surface area contributed by atoms with Gasteiger partial charge in [0.05, 0.1) is 34.4 Å². The van der Waals surface area contributed by atoms with Crippen LogP contribution in [-0.2, 0) is 0 Å². The van der Waals surface area contributed by atoms with Crippen molar-refractivity contribution < 1.29 is 0 Å². The van der Waals surface area contributed by atoms with Gasteiger partial charge in [-0.2, -0.15) is 5.26 Å². The van der Waals surface area contributed by atoms with Gasteiger partial charge in [0.2, 0.25) is 0 Å². The molecule has 0 saturated heterocycles. The molecule has 1 aliphatic heterocycles. The third kappa shape index (κ3) is 2.69. The van der Waals surface area contributed by atoms with Gasteiger partial charge in [0.15, 0.2) is 0 Å². The number of benzene rings is 4. The Hall–Kier alpha value is -4.03. The van der Waals surface area contributed by atoms with Crippen LogP contribution < -0.4 is 10.2 Å². The van der Waals surface area contributed by atoms with Crippen LogP contribution >= 0.6 is 0 Å². The van der Waals surface area contributed by atoms with Crippen molar-refractivity contribution in [1.82, 2.24) is 0 Å². The van der Waals surface area contributed by atoms with Crippen molar-refractivity contribution in [3.05, 3.63) is 103 Å². The minimum Gasteiger partial charge on any atom is -0.352 e. The van der Waals surface area contributed by atoms with Crippen molar-refractivity contribution in [3.8, 4) is 17.2 Å². The van der Waals surface area contributed by atoms with E-state index in [0.717, 1.165) is 39.6 Å². The summed E-state index contributed by atoms with van der Waals surface area (Å²) >= 11 is 0. The van der Waals surface area contributed by atoms with Crippen LogP contribution in [0.1, 0.15) is 5.56 Å². The first-order valence-electron chi connectivity index (χ1n) is 9.19. The van der Waals surface area contributed by atoms with Crippen molar-refractivity contribution in [3.63, 3.8) is 0 Å². The zero-order valence-corrected chi connectivity index (χ0v) is 15.1. The van der Waals surface area contributed by atoms with Gasteiger partial charge in [0.1, 0.15) is 0 Å². The summed E-state index contributed by atoms with van der Waals surface area (Å²) in [7, 11) is 0. The van der Waals surface area contributed by atoms with Gasteiger partial charge in [0, 0.05) is 5.69 Å². The number of hydrogen-bond donors (Lipinski definition) is 1. The van der Waals surface area contributed by atoms with E-state index in [9.17, 15) is 0 Å². The molecule has 1 aliphatic rings. The molecule has 1 N–H and O–H groups in total. The van der Waals surface area contributed by atoms with Crippen molar-refractivity contribution in [2.75, 3.05) is 10.2 Å². The number of hydrogen-bond acceptors (Lipinski definition) is 3. The Labute approximate surface area is 164 Å². The largest absolute Gasteiger partial charge is 0.352 e. The fourth-order valence-electron chi connectivity index (χ4n) is 3.64. The Bertz CT molecular complexity index is 1140. The second-order valence-electron chi connectivity index (χ2n) is 6.73. The third-order valence-electron chi connectivity index (χ3n) is 5.03. The molecule has 0 bridgehead atoms.